The topological polar surface area (TPSA) is 55.9 Å². The van der Waals surface area contributed by atoms with Gasteiger partial charge in [0, 0.05) is 45.0 Å². The second kappa shape index (κ2) is 9.33. The molecule has 0 aliphatic carbocycles. The maximum absolute atomic E-state index is 12.6. The summed E-state index contributed by atoms with van der Waals surface area (Å²) in [6.07, 6.45) is 3.26. The van der Waals surface area contributed by atoms with E-state index in [0.717, 1.165) is 64.2 Å². The average Bonchev–Trinajstić information content (AvgIpc) is 3.23. The van der Waals surface area contributed by atoms with E-state index >= 15 is 0 Å². The highest BCUT2D eigenvalue weighted by Gasteiger charge is 2.27. The molecule has 1 unspecified atom stereocenters. The van der Waals surface area contributed by atoms with E-state index in [0.29, 0.717) is 6.54 Å². The van der Waals surface area contributed by atoms with Crippen molar-refractivity contribution in [1.29, 1.82) is 0 Å². The lowest BCUT2D eigenvalue weighted by atomic mass is 10.1. The van der Waals surface area contributed by atoms with Crippen LogP contribution in [0.1, 0.15) is 32.3 Å². The van der Waals surface area contributed by atoms with E-state index in [1.807, 2.05) is 24.0 Å². The molecule has 1 atom stereocenters. The van der Waals surface area contributed by atoms with E-state index in [2.05, 4.69) is 34.2 Å². The molecule has 0 saturated carbocycles. The van der Waals surface area contributed by atoms with E-state index < -0.39 is 0 Å². The maximum atomic E-state index is 12.6. The summed E-state index contributed by atoms with van der Waals surface area (Å²) < 4.78 is 0. The van der Waals surface area contributed by atoms with Gasteiger partial charge in [0.05, 0.1) is 12.6 Å². The minimum Gasteiger partial charge on any atom is -0.342 e. The highest BCUT2D eigenvalue weighted by molar-refractivity contribution is 5.94. The lowest BCUT2D eigenvalue weighted by Gasteiger charge is -2.37. The number of nitrogens with one attached hydrogen (secondary N) is 1. The lowest BCUT2D eigenvalue weighted by Crippen LogP contribution is -2.54. The molecular formula is C21H32N4O2. The normalized spacial score (nSPS) is 19.9. The van der Waals surface area contributed by atoms with Crippen LogP contribution in [0.15, 0.2) is 24.3 Å². The zero-order valence-corrected chi connectivity index (χ0v) is 16.6. The van der Waals surface area contributed by atoms with Gasteiger partial charge in [0.25, 0.3) is 0 Å². The third-order valence-electron chi connectivity index (χ3n) is 5.78. The molecule has 2 heterocycles. The van der Waals surface area contributed by atoms with Gasteiger partial charge in [-0.15, -0.1) is 0 Å². The number of nitrogens with zero attached hydrogens (tertiary/aromatic N) is 3. The number of piperazine rings is 1. The van der Waals surface area contributed by atoms with Crippen LogP contribution in [0.2, 0.25) is 0 Å². The van der Waals surface area contributed by atoms with E-state index in [1.165, 1.54) is 5.56 Å². The zero-order chi connectivity index (χ0) is 19.2. The molecule has 2 aliphatic rings. The van der Waals surface area contributed by atoms with Crippen molar-refractivity contribution in [2.75, 3.05) is 51.1 Å². The Labute approximate surface area is 162 Å². The first kappa shape index (κ1) is 19.8. The van der Waals surface area contributed by atoms with Crippen LogP contribution in [0.4, 0.5) is 5.69 Å². The largest absolute Gasteiger partial charge is 0.342 e. The molecule has 2 amide bonds. The van der Waals surface area contributed by atoms with Gasteiger partial charge < -0.3 is 10.2 Å². The molecule has 0 spiro atoms. The Morgan fingerprint density at radius 2 is 1.63 bits per heavy atom. The lowest BCUT2D eigenvalue weighted by molar-refractivity contribution is -0.132. The first-order valence-corrected chi connectivity index (χ1v) is 10.2. The third kappa shape index (κ3) is 5.30. The Morgan fingerprint density at radius 1 is 1.00 bits per heavy atom. The highest BCUT2D eigenvalue weighted by atomic mass is 16.2. The number of carbonyl (C=O) groups excluding carboxylic acids is 2. The number of hydrogen-bond acceptors (Lipinski definition) is 4. The van der Waals surface area contributed by atoms with Crippen molar-refractivity contribution in [2.45, 2.75) is 39.2 Å². The van der Waals surface area contributed by atoms with Gasteiger partial charge in [0.2, 0.25) is 11.8 Å². The number of anilines is 1. The predicted octanol–water partition coefficient (Wildman–Crippen LogP) is 1.82. The number of carbonyl (C=O) groups is 2. The molecule has 2 fully saturated rings. The fourth-order valence-corrected chi connectivity index (χ4v) is 3.80. The predicted molar refractivity (Wildman–Crippen MR) is 108 cm³/mol. The first-order valence-electron chi connectivity index (χ1n) is 10.2. The van der Waals surface area contributed by atoms with Crippen LogP contribution in [0.25, 0.3) is 0 Å². The van der Waals surface area contributed by atoms with Crippen molar-refractivity contribution in [1.82, 2.24) is 14.7 Å². The fourth-order valence-electron chi connectivity index (χ4n) is 3.80. The van der Waals surface area contributed by atoms with E-state index in [9.17, 15) is 9.59 Å². The van der Waals surface area contributed by atoms with Crippen LogP contribution >= 0.6 is 0 Å². The molecule has 2 saturated heterocycles. The van der Waals surface area contributed by atoms with Gasteiger partial charge in [-0.3, -0.25) is 19.4 Å². The van der Waals surface area contributed by atoms with Crippen LogP contribution in [0.5, 0.6) is 0 Å². The summed E-state index contributed by atoms with van der Waals surface area (Å²) in [4.78, 5) is 31.3. The molecule has 0 radical (unpaired) electrons. The van der Waals surface area contributed by atoms with Crippen molar-refractivity contribution in [3.8, 4) is 0 Å². The number of likely N-dealkylation sites (tertiary alicyclic amines) is 1. The van der Waals surface area contributed by atoms with Gasteiger partial charge in [0.1, 0.15) is 0 Å². The van der Waals surface area contributed by atoms with Gasteiger partial charge in [-0.05, 0) is 43.9 Å². The summed E-state index contributed by atoms with van der Waals surface area (Å²) in [5.41, 5.74) is 2.11. The van der Waals surface area contributed by atoms with Gasteiger partial charge >= 0.3 is 0 Å². The monoisotopic (exact) mass is 372 g/mol. The molecule has 3 rings (SSSR count). The third-order valence-corrected chi connectivity index (χ3v) is 5.78. The molecule has 0 aromatic heterocycles. The summed E-state index contributed by atoms with van der Waals surface area (Å²) in [7, 11) is 0. The molecular weight excluding hydrogens is 340 g/mol. The standard InChI is InChI=1S/C21H32N4O2/c1-3-18-6-8-19(9-7-18)22-21(27)17(2)24-14-12-23(13-15-24)16-20(26)25-10-4-5-11-25/h6-9,17H,3-5,10-16H2,1-2H3,(H,22,27). The summed E-state index contributed by atoms with van der Waals surface area (Å²) in [5.74, 6) is 0.281. The van der Waals surface area contributed by atoms with Crippen molar-refractivity contribution >= 4 is 17.5 Å². The van der Waals surface area contributed by atoms with Crippen LogP contribution in [-0.4, -0.2) is 78.4 Å². The van der Waals surface area contributed by atoms with Crippen molar-refractivity contribution in [3.05, 3.63) is 29.8 Å². The zero-order valence-electron chi connectivity index (χ0n) is 16.6. The number of hydrogen-bond donors (Lipinski definition) is 1. The van der Waals surface area contributed by atoms with Gasteiger partial charge in [-0.25, -0.2) is 0 Å². The SMILES string of the molecule is CCc1ccc(NC(=O)C(C)N2CCN(CC(=O)N3CCCC3)CC2)cc1. The Kier molecular flexibility index (Phi) is 6.85. The molecule has 6 heteroatoms. The quantitative estimate of drug-likeness (QED) is 0.828. The Balaban J connectivity index is 1.43. The van der Waals surface area contributed by atoms with Crippen LogP contribution in [-0.2, 0) is 16.0 Å². The smallest absolute Gasteiger partial charge is 0.241 e. The van der Waals surface area contributed by atoms with Gasteiger partial charge in [-0.1, -0.05) is 19.1 Å². The molecule has 2 aliphatic heterocycles. The molecule has 6 nitrogen and oxygen atoms in total. The summed E-state index contributed by atoms with van der Waals surface area (Å²) in [5, 5.41) is 3.02. The first-order chi connectivity index (χ1) is 13.1. The maximum Gasteiger partial charge on any atom is 0.241 e. The number of aryl methyl sites for hydroxylation is 1. The van der Waals surface area contributed by atoms with E-state index in [1.54, 1.807) is 0 Å². The van der Waals surface area contributed by atoms with Gasteiger partial charge in [0.15, 0.2) is 0 Å². The molecule has 1 aromatic rings. The number of benzene rings is 1. The molecule has 1 N–H and O–H groups in total. The van der Waals surface area contributed by atoms with Crippen molar-refractivity contribution < 1.29 is 9.59 Å². The number of rotatable bonds is 6. The van der Waals surface area contributed by atoms with Crippen molar-refractivity contribution in [3.63, 3.8) is 0 Å². The summed E-state index contributed by atoms with van der Waals surface area (Å²) in [6.45, 7) is 9.72. The second-order valence-corrected chi connectivity index (χ2v) is 7.62. The van der Waals surface area contributed by atoms with Crippen LogP contribution < -0.4 is 5.32 Å². The minimum absolute atomic E-state index is 0.0286. The molecule has 27 heavy (non-hydrogen) atoms. The Morgan fingerprint density at radius 3 is 2.22 bits per heavy atom. The summed E-state index contributed by atoms with van der Waals surface area (Å²) in [6, 6.07) is 7.86. The fraction of sp³-hybridized carbons (Fsp3) is 0.619. The summed E-state index contributed by atoms with van der Waals surface area (Å²) >= 11 is 0. The van der Waals surface area contributed by atoms with Crippen molar-refractivity contribution in [2.24, 2.45) is 0 Å². The Bertz CT molecular complexity index is 632. The van der Waals surface area contributed by atoms with E-state index in [-0.39, 0.29) is 17.9 Å². The van der Waals surface area contributed by atoms with Crippen LogP contribution in [0, 0.1) is 0 Å². The molecule has 1 aromatic carbocycles. The molecule has 0 bridgehead atoms. The van der Waals surface area contributed by atoms with Gasteiger partial charge in [-0.2, -0.15) is 0 Å². The second-order valence-electron chi connectivity index (χ2n) is 7.62. The highest BCUT2D eigenvalue weighted by Crippen LogP contribution is 2.13. The number of amides is 2. The average molecular weight is 373 g/mol. The van der Waals surface area contributed by atoms with Crippen LogP contribution in [0.3, 0.4) is 0 Å². The molecule has 148 valence electrons. The Hall–Kier alpha value is -1.92. The minimum atomic E-state index is -0.174. The van der Waals surface area contributed by atoms with E-state index in [4.69, 9.17) is 0 Å².